The second-order valence-electron chi connectivity index (χ2n) is 7.42. The van der Waals surface area contributed by atoms with Crippen LogP contribution in [0.2, 0.25) is 0 Å². The standard InChI is InChI=1S/C24H16N2O4/c27-21-17-8-2-6-15(19(17)23(29)25-21)11-13-4-1-5-14(10-13)12-16-7-3-9-18-20(16)24(30)26-22(18)28/h1-10H,11-12H2,(H,25,27,29)(H,26,28,30). The lowest BCUT2D eigenvalue weighted by Crippen LogP contribution is -2.20. The maximum atomic E-state index is 12.2. The molecule has 0 aromatic heterocycles. The minimum atomic E-state index is -0.364. The van der Waals surface area contributed by atoms with Crippen molar-refractivity contribution < 1.29 is 19.2 Å². The second-order valence-corrected chi connectivity index (χ2v) is 7.42. The summed E-state index contributed by atoms with van der Waals surface area (Å²) in [7, 11) is 0. The van der Waals surface area contributed by atoms with Crippen LogP contribution in [0, 0.1) is 0 Å². The van der Waals surface area contributed by atoms with E-state index < -0.39 is 0 Å². The van der Waals surface area contributed by atoms with E-state index in [1.165, 1.54) is 0 Å². The highest BCUT2D eigenvalue weighted by Crippen LogP contribution is 2.25. The molecule has 2 N–H and O–H groups in total. The van der Waals surface area contributed by atoms with Crippen LogP contribution in [0.15, 0.2) is 60.7 Å². The molecule has 2 aliphatic heterocycles. The van der Waals surface area contributed by atoms with Gasteiger partial charge in [0.2, 0.25) is 0 Å². The molecule has 3 aromatic rings. The zero-order chi connectivity index (χ0) is 20.8. The number of carbonyl (C=O) groups excluding carboxylic acids is 4. The largest absolute Gasteiger partial charge is 0.288 e. The predicted octanol–water partition coefficient (Wildman–Crippen LogP) is 2.64. The summed E-state index contributed by atoms with van der Waals surface area (Å²) in [5.41, 5.74) is 5.24. The molecule has 3 aromatic carbocycles. The van der Waals surface area contributed by atoms with Crippen molar-refractivity contribution in [3.8, 4) is 0 Å². The van der Waals surface area contributed by atoms with Gasteiger partial charge >= 0.3 is 0 Å². The molecule has 30 heavy (non-hydrogen) atoms. The average Bonchev–Trinajstić information content (AvgIpc) is 3.19. The summed E-state index contributed by atoms with van der Waals surface area (Å²) in [5.74, 6) is -1.46. The van der Waals surface area contributed by atoms with Gasteiger partial charge in [0.1, 0.15) is 0 Å². The molecule has 146 valence electrons. The van der Waals surface area contributed by atoms with Gasteiger partial charge in [0.25, 0.3) is 23.6 Å². The van der Waals surface area contributed by atoms with Crippen molar-refractivity contribution in [2.75, 3.05) is 0 Å². The van der Waals surface area contributed by atoms with Gasteiger partial charge in [0, 0.05) is 0 Å². The zero-order valence-corrected chi connectivity index (χ0v) is 15.8. The molecule has 0 radical (unpaired) electrons. The number of amides is 4. The van der Waals surface area contributed by atoms with Crippen LogP contribution in [0.1, 0.15) is 63.7 Å². The summed E-state index contributed by atoms with van der Waals surface area (Å²) in [6.07, 6.45) is 1.01. The van der Waals surface area contributed by atoms with Crippen LogP contribution < -0.4 is 10.6 Å². The van der Waals surface area contributed by atoms with Gasteiger partial charge in [0.15, 0.2) is 0 Å². The highest BCUT2D eigenvalue weighted by molar-refractivity contribution is 6.22. The van der Waals surface area contributed by atoms with Crippen molar-refractivity contribution in [1.29, 1.82) is 0 Å². The molecule has 6 nitrogen and oxygen atoms in total. The van der Waals surface area contributed by atoms with Gasteiger partial charge in [-0.2, -0.15) is 0 Å². The van der Waals surface area contributed by atoms with E-state index >= 15 is 0 Å². The molecular weight excluding hydrogens is 380 g/mol. The van der Waals surface area contributed by atoms with Crippen molar-refractivity contribution in [1.82, 2.24) is 10.6 Å². The van der Waals surface area contributed by atoms with Crippen molar-refractivity contribution in [3.05, 3.63) is 105 Å². The maximum Gasteiger partial charge on any atom is 0.259 e. The van der Waals surface area contributed by atoms with Gasteiger partial charge in [-0.3, -0.25) is 29.8 Å². The topological polar surface area (TPSA) is 92.3 Å². The van der Waals surface area contributed by atoms with Gasteiger partial charge in [-0.25, -0.2) is 0 Å². The van der Waals surface area contributed by atoms with E-state index in [0.29, 0.717) is 35.1 Å². The number of fused-ring (bicyclic) bond motifs is 2. The Bertz CT molecular complexity index is 1180. The first kappa shape index (κ1) is 18.0. The molecule has 2 heterocycles. The third-order valence-corrected chi connectivity index (χ3v) is 5.48. The lowest BCUT2D eigenvalue weighted by atomic mass is 9.93. The first-order valence-corrected chi connectivity index (χ1v) is 9.54. The third-order valence-electron chi connectivity index (χ3n) is 5.48. The summed E-state index contributed by atoms with van der Waals surface area (Å²) in [5, 5.41) is 4.68. The summed E-state index contributed by atoms with van der Waals surface area (Å²) in [6, 6.07) is 18.4. The molecule has 0 aliphatic carbocycles. The van der Waals surface area contributed by atoms with Crippen molar-refractivity contribution in [2.45, 2.75) is 12.8 Å². The molecule has 6 heteroatoms. The van der Waals surface area contributed by atoms with E-state index in [2.05, 4.69) is 10.6 Å². The normalized spacial score (nSPS) is 14.4. The number of nitrogens with one attached hydrogen (secondary N) is 2. The van der Waals surface area contributed by atoms with Crippen LogP contribution in [0.5, 0.6) is 0 Å². The SMILES string of the molecule is O=C1NC(=O)c2c(Cc3cccc(Cc4cccc5c4C(=O)NC5=O)c3)cccc21. The van der Waals surface area contributed by atoms with E-state index in [-0.39, 0.29) is 23.6 Å². The number of imide groups is 2. The smallest absolute Gasteiger partial charge is 0.259 e. The molecule has 0 unspecified atom stereocenters. The summed E-state index contributed by atoms with van der Waals surface area (Å²) >= 11 is 0. The molecule has 2 aliphatic rings. The fourth-order valence-electron chi connectivity index (χ4n) is 4.16. The molecule has 0 atom stereocenters. The molecule has 4 amide bonds. The Morgan fingerprint density at radius 2 is 0.967 bits per heavy atom. The first-order chi connectivity index (χ1) is 14.5. The number of carbonyl (C=O) groups is 4. The van der Waals surface area contributed by atoms with Crippen LogP contribution in [0.4, 0.5) is 0 Å². The van der Waals surface area contributed by atoms with Crippen molar-refractivity contribution >= 4 is 23.6 Å². The van der Waals surface area contributed by atoms with Crippen LogP contribution >= 0.6 is 0 Å². The molecule has 0 spiro atoms. The number of rotatable bonds is 4. The van der Waals surface area contributed by atoms with Crippen LogP contribution in [-0.4, -0.2) is 23.6 Å². The average molecular weight is 396 g/mol. The summed E-state index contributed by atoms with van der Waals surface area (Å²) in [4.78, 5) is 48.1. The highest BCUT2D eigenvalue weighted by Gasteiger charge is 2.30. The Hall–Kier alpha value is -4.06. The number of hydrogen-bond donors (Lipinski definition) is 2. The van der Waals surface area contributed by atoms with Crippen molar-refractivity contribution in [3.63, 3.8) is 0 Å². The molecule has 0 fully saturated rings. The highest BCUT2D eigenvalue weighted by atomic mass is 16.2. The van der Waals surface area contributed by atoms with E-state index in [1.54, 1.807) is 24.3 Å². The Morgan fingerprint density at radius 1 is 0.533 bits per heavy atom. The van der Waals surface area contributed by atoms with Crippen LogP contribution in [-0.2, 0) is 12.8 Å². The molecule has 0 bridgehead atoms. The minimum Gasteiger partial charge on any atom is -0.288 e. The lowest BCUT2D eigenvalue weighted by Gasteiger charge is -2.10. The predicted molar refractivity (Wildman–Crippen MR) is 109 cm³/mol. The summed E-state index contributed by atoms with van der Waals surface area (Å²) in [6.45, 7) is 0. The molecule has 0 saturated heterocycles. The van der Waals surface area contributed by atoms with E-state index in [4.69, 9.17) is 0 Å². The van der Waals surface area contributed by atoms with Gasteiger partial charge in [-0.1, -0.05) is 48.5 Å². The fourth-order valence-corrected chi connectivity index (χ4v) is 4.16. The number of hydrogen-bond acceptors (Lipinski definition) is 4. The second kappa shape index (κ2) is 6.77. The van der Waals surface area contributed by atoms with E-state index in [1.807, 2.05) is 36.4 Å². The van der Waals surface area contributed by atoms with Gasteiger partial charge < -0.3 is 0 Å². The Morgan fingerprint density at radius 3 is 1.43 bits per heavy atom. The Labute approximate surface area is 171 Å². The lowest BCUT2D eigenvalue weighted by molar-refractivity contribution is 0.0863. The zero-order valence-electron chi connectivity index (χ0n) is 15.8. The molecule has 5 rings (SSSR count). The molecular formula is C24H16N2O4. The monoisotopic (exact) mass is 396 g/mol. The van der Waals surface area contributed by atoms with E-state index in [9.17, 15) is 19.2 Å². The number of benzene rings is 3. The van der Waals surface area contributed by atoms with Crippen LogP contribution in [0.25, 0.3) is 0 Å². The maximum absolute atomic E-state index is 12.2. The first-order valence-electron chi connectivity index (χ1n) is 9.54. The minimum absolute atomic E-state index is 0.364. The summed E-state index contributed by atoms with van der Waals surface area (Å²) < 4.78 is 0. The van der Waals surface area contributed by atoms with Gasteiger partial charge in [-0.15, -0.1) is 0 Å². The van der Waals surface area contributed by atoms with Crippen molar-refractivity contribution in [2.24, 2.45) is 0 Å². The fraction of sp³-hybridized carbons (Fsp3) is 0.0833. The van der Waals surface area contributed by atoms with Crippen LogP contribution in [0.3, 0.4) is 0 Å². The Kier molecular flexibility index (Phi) is 4.06. The molecule has 0 saturated carbocycles. The van der Waals surface area contributed by atoms with E-state index in [0.717, 1.165) is 22.3 Å². The van der Waals surface area contributed by atoms with Gasteiger partial charge in [-0.05, 0) is 47.2 Å². The third kappa shape index (κ3) is 2.90. The van der Waals surface area contributed by atoms with Gasteiger partial charge in [0.05, 0.1) is 22.3 Å². The Balaban J connectivity index is 1.45. The quantitative estimate of drug-likeness (QED) is 0.663.